The molecule has 2 atom stereocenters. The molecule has 3 aromatic carbocycles. The van der Waals surface area contributed by atoms with Crippen molar-refractivity contribution in [3.8, 4) is 0 Å². The number of amides is 1. The Bertz CT molecular complexity index is 1540. The Balaban J connectivity index is 1.30. The molecule has 42 heavy (non-hydrogen) atoms. The summed E-state index contributed by atoms with van der Waals surface area (Å²) in [6.07, 6.45) is 8.18. The highest BCUT2D eigenvalue weighted by molar-refractivity contribution is 6.30. The number of carbonyl (C=O) groups is 1. The fourth-order valence-corrected chi connectivity index (χ4v) is 6.71. The van der Waals surface area contributed by atoms with Crippen molar-refractivity contribution in [1.29, 1.82) is 0 Å². The number of anilines is 1. The Morgan fingerprint density at radius 2 is 1.60 bits per heavy atom. The largest absolute Gasteiger partial charge is 0.335 e. The van der Waals surface area contributed by atoms with Gasteiger partial charge in [-0.15, -0.1) is 0 Å². The number of hydrogen-bond acceptors (Lipinski definition) is 4. The molecule has 216 valence electrons. The van der Waals surface area contributed by atoms with Crippen molar-refractivity contribution < 1.29 is 4.79 Å². The first kappa shape index (κ1) is 28.7. The van der Waals surface area contributed by atoms with Gasteiger partial charge in [-0.25, -0.2) is 9.97 Å². The minimum absolute atomic E-state index is 0.0356. The molecule has 2 saturated heterocycles. The standard InChI is InChI=1S/C35H36Cl2N4O/c1-24-6-2-3-7-26(24)14-19-32-31(34(42)40-20-4-8-30(40)22-25-10-15-28(36)16-11-25)23-38-35(39-32)41-21-5-9-33(41)27-12-17-29(37)18-13-27/h2-3,6-7,10-13,15-18,23,30,33H,4-5,8-9,14,19-22H2,1H3/t30-,33-/m0/s1. The summed E-state index contributed by atoms with van der Waals surface area (Å²) in [4.78, 5) is 28.4. The summed E-state index contributed by atoms with van der Waals surface area (Å²) in [6, 6.07) is 24.8. The highest BCUT2D eigenvalue weighted by Crippen LogP contribution is 2.35. The molecular weight excluding hydrogens is 563 g/mol. The van der Waals surface area contributed by atoms with Crippen molar-refractivity contribution in [3.05, 3.63) is 123 Å². The number of nitrogens with zero attached hydrogens (tertiary/aromatic N) is 4. The van der Waals surface area contributed by atoms with E-state index in [1.807, 2.05) is 29.2 Å². The topological polar surface area (TPSA) is 49.3 Å². The van der Waals surface area contributed by atoms with Gasteiger partial charge >= 0.3 is 0 Å². The van der Waals surface area contributed by atoms with Gasteiger partial charge in [-0.3, -0.25) is 4.79 Å². The van der Waals surface area contributed by atoms with Crippen LogP contribution < -0.4 is 4.90 Å². The minimum Gasteiger partial charge on any atom is -0.335 e. The predicted molar refractivity (Wildman–Crippen MR) is 171 cm³/mol. The lowest BCUT2D eigenvalue weighted by Gasteiger charge is -2.28. The maximum absolute atomic E-state index is 14.1. The second kappa shape index (κ2) is 12.8. The third-order valence-corrected chi connectivity index (χ3v) is 9.27. The second-order valence-electron chi connectivity index (χ2n) is 11.5. The van der Waals surface area contributed by atoms with E-state index in [4.69, 9.17) is 33.2 Å². The molecular formula is C35H36Cl2N4O. The van der Waals surface area contributed by atoms with Crippen molar-refractivity contribution in [2.75, 3.05) is 18.0 Å². The summed E-state index contributed by atoms with van der Waals surface area (Å²) in [6.45, 7) is 3.77. The molecule has 0 saturated carbocycles. The van der Waals surface area contributed by atoms with Gasteiger partial charge in [0.2, 0.25) is 5.95 Å². The molecule has 7 heteroatoms. The van der Waals surface area contributed by atoms with Crippen LogP contribution >= 0.6 is 23.2 Å². The summed E-state index contributed by atoms with van der Waals surface area (Å²) in [5.41, 5.74) is 6.38. The van der Waals surface area contributed by atoms with Crippen LogP contribution in [0.25, 0.3) is 0 Å². The van der Waals surface area contributed by atoms with Crippen LogP contribution in [0.15, 0.2) is 79.0 Å². The summed E-state index contributed by atoms with van der Waals surface area (Å²) < 4.78 is 0. The van der Waals surface area contributed by atoms with Gasteiger partial charge in [0.1, 0.15) is 0 Å². The first-order valence-electron chi connectivity index (χ1n) is 14.9. The fourth-order valence-electron chi connectivity index (χ4n) is 6.46. The zero-order valence-electron chi connectivity index (χ0n) is 24.0. The zero-order chi connectivity index (χ0) is 29.1. The predicted octanol–water partition coefficient (Wildman–Crippen LogP) is 8.07. The summed E-state index contributed by atoms with van der Waals surface area (Å²) in [5, 5.41) is 1.46. The van der Waals surface area contributed by atoms with Crippen LogP contribution in [0.5, 0.6) is 0 Å². The van der Waals surface area contributed by atoms with Crippen molar-refractivity contribution in [3.63, 3.8) is 0 Å². The van der Waals surface area contributed by atoms with E-state index in [0.717, 1.165) is 67.4 Å². The molecule has 0 spiro atoms. The Kier molecular flexibility index (Phi) is 8.78. The van der Waals surface area contributed by atoms with Crippen LogP contribution in [0.1, 0.15) is 70.0 Å². The average Bonchev–Trinajstić information content (AvgIpc) is 3.68. The van der Waals surface area contributed by atoms with Crippen LogP contribution in [0, 0.1) is 6.92 Å². The van der Waals surface area contributed by atoms with Gasteiger partial charge in [-0.2, -0.15) is 0 Å². The number of halogens is 2. The average molecular weight is 600 g/mol. The number of hydrogen-bond donors (Lipinski definition) is 0. The number of likely N-dealkylation sites (tertiary alicyclic amines) is 1. The number of rotatable bonds is 8. The molecule has 2 aliphatic heterocycles. The number of benzene rings is 3. The van der Waals surface area contributed by atoms with Crippen LogP contribution in [-0.4, -0.2) is 39.9 Å². The number of aryl methyl sites for hydroxylation is 3. The van der Waals surface area contributed by atoms with Gasteiger partial charge in [0.15, 0.2) is 0 Å². The van der Waals surface area contributed by atoms with E-state index in [9.17, 15) is 4.79 Å². The Morgan fingerprint density at radius 1 is 0.881 bits per heavy atom. The monoisotopic (exact) mass is 598 g/mol. The van der Waals surface area contributed by atoms with Gasteiger partial charge in [0.25, 0.3) is 5.91 Å². The van der Waals surface area contributed by atoms with Crippen molar-refractivity contribution in [2.45, 2.75) is 64.0 Å². The molecule has 2 aliphatic rings. The van der Waals surface area contributed by atoms with Crippen LogP contribution in [-0.2, 0) is 19.3 Å². The molecule has 5 nitrogen and oxygen atoms in total. The van der Waals surface area contributed by atoms with Gasteiger partial charge in [0, 0.05) is 35.4 Å². The van der Waals surface area contributed by atoms with E-state index >= 15 is 0 Å². The van der Waals surface area contributed by atoms with Crippen LogP contribution in [0.4, 0.5) is 5.95 Å². The summed E-state index contributed by atoms with van der Waals surface area (Å²) in [5.74, 6) is 0.733. The molecule has 2 fully saturated rings. The lowest BCUT2D eigenvalue weighted by molar-refractivity contribution is 0.0734. The molecule has 4 aromatic rings. The first-order valence-corrected chi connectivity index (χ1v) is 15.7. The van der Waals surface area contributed by atoms with Gasteiger partial charge in [0.05, 0.1) is 17.3 Å². The first-order chi connectivity index (χ1) is 20.5. The third kappa shape index (κ3) is 6.33. The van der Waals surface area contributed by atoms with E-state index < -0.39 is 0 Å². The Morgan fingerprint density at radius 3 is 2.36 bits per heavy atom. The highest BCUT2D eigenvalue weighted by Gasteiger charge is 2.33. The molecule has 0 N–H and O–H groups in total. The third-order valence-electron chi connectivity index (χ3n) is 8.76. The lowest BCUT2D eigenvalue weighted by Crippen LogP contribution is -2.37. The van der Waals surface area contributed by atoms with Gasteiger partial charge in [-0.1, -0.05) is 71.7 Å². The molecule has 0 bridgehead atoms. The summed E-state index contributed by atoms with van der Waals surface area (Å²) in [7, 11) is 0. The van der Waals surface area contributed by atoms with E-state index in [1.54, 1.807) is 6.20 Å². The Labute approximate surface area is 258 Å². The molecule has 0 unspecified atom stereocenters. The molecule has 0 radical (unpaired) electrons. The molecule has 1 aromatic heterocycles. The van der Waals surface area contributed by atoms with E-state index in [-0.39, 0.29) is 18.0 Å². The molecule has 0 aliphatic carbocycles. The van der Waals surface area contributed by atoms with Gasteiger partial charge < -0.3 is 9.80 Å². The lowest BCUT2D eigenvalue weighted by atomic mass is 10.0. The van der Waals surface area contributed by atoms with Crippen LogP contribution in [0.3, 0.4) is 0 Å². The van der Waals surface area contributed by atoms with E-state index in [1.165, 1.54) is 22.3 Å². The second-order valence-corrected chi connectivity index (χ2v) is 12.4. The zero-order valence-corrected chi connectivity index (χ0v) is 25.5. The fraction of sp³-hybridized carbons (Fsp3) is 0.343. The maximum Gasteiger partial charge on any atom is 0.257 e. The summed E-state index contributed by atoms with van der Waals surface area (Å²) >= 11 is 12.3. The quantitative estimate of drug-likeness (QED) is 0.206. The number of aromatic nitrogens is 2. The van der Waals surface area contributed by atoms with Crippen molar-refractivity contribution >= 4 is 35.1 Å². The maximum atomic E-state index is 14.1. The SMILES string of the molecule is Cc1ccccc1CCc1nc(N2CCC[C@H]2c2ccc(Cl)cc2)ncc1C(=O)N1CCC[C@H]1Cc1ccc(Cl)cc1. The van der Waals surface area contributed by atoms with Crippen LogP contribution in [0.2, 0.25) is 10.0 Å². The molecule has 3 heterocycles. The smallest absolute Gasteiger partial charge is 0.257 e. The van der Waals surface area contributed by atoms with E-state index in [2.05, 4.69) is 60.4 Å². The number of carbonyl (C=O) groups excluding carboxylic acids is 1. The molecule has 6 rings (SSSR count). The van der Waals surface area contributed by atoms with E-state index in [0.29, 0.717) is 17.9 Å². The van der Waals surface area contributed by atoms with Crippen molar-refractivity contribution in [2.24, 2.45) is 0 Å². The highest BCUT2D eigenvalue weighted by atomic mass is 35.5. The van der Waals surface area contributed by atoms with Gasteiger partial charge in [-0.05, 0) is 98.4 Å². The Hall–Kier alpha value is -3.41. The molecule has 1 amide bonds. The normalized spacial score (nSPS) is 18.5. The van der Waals surface area contributed by atoms with Crippen molar-refractivity contribution in [1.82, 2.24) is 14.9 Å². The minimum atomic E-state index is 0.0356.